The van der Waals surface area contributed by atoms with Crippen molar-refractivity contribution < 1.29 is 64.7 Å². The Morgan fingerprint density at radius 2 is 1.17 bits per heavy atom. The van der Waals surface area contributed by atoms with E-state index in [2.05, 4.69) is 106 Å². The summed E-state index contributed by atoms with van der Waals surface area (Å²) in [7, 11) is 1.97. The zero-order chi connectivity index (χ0) is 53.7. The van der Waals surface area contributed by atoms with Crippen LogP contribution in [0.3, 0.4) is 0 Å². The molecule has 3 radical (unpaired) electrons. The molecule has 0 bridgehead atoms. The van der Waals surface area contributed by atoms with E-state index in [1.54, 1.807) is 102 Å². The SMILES string of the molecule is Cn1ccnc1-c1cc(-c2ccccc2)c[n-]1.[Ir].[Ir].[Ir].[c-]1ccc(-c2ccccc2)n1-c1nccs1.[c-]1cocc1-n1cccn1.[c-]1ncc(-c2ccccc2)n1-c1cscn1.[c-]1sccc1-n1cccn1.[c-]1sccc1-n1cccn1. The fourth-order valence-electron chi connectivity index (χ4n) is 7.38. The van der Waals surface area contributed by atoms with Crippen molar-refractivity contribution in [1.82, 2.24) is 68.0 Å². The van der Waals surface area contributed by atoms with E-state index in [0.717, 1.165) is 62.0 Å². The molecule has 0 aliphatic carbocycles. The molecule has 417 valence electrons. The third-order valence-electron chi connectivity index (χ3n) is 11.1. The number of benzene rings is 3. The summed E-state index contributed by atoms with van der Waals surface area (Å²) < 4.78 is 15.9. The number of furan rings is 1. The van der Waals surface area contributed by atoms with Gasteiger partial charge >= 0.3 is 0 Å². The number of aryl methyl sites for hydroxylation is 1. The van der Waals surface area contributed by atoms with Crippen molar-refractivity contribution in [2.75, 3.05) is 0 Å². The Labute approximate surface area is 530 Å². The molecule has 15 nitrogen and oxygen atoms in total. The van der Waals surface area contributed by atoms with Crippen LogP contribution in [0.15, 0.2) is 252 Å². The van der Waals surface area contributed by atoms with Crippen LogP contribution in [0.4, 0.5) is 0 Å². The first-order valence-electron chi connectivity index (χ1n) is 24.1. The van der Waals surface area contributed by atoms with Crippen LogP contribution in [-0.2, 0) is 67.4 Å². The second kappa shape index (κ2) is 32.6. The van der Waals surface area contributed by atoms with E-state index in [4.69, 9.17) is 4.42 Å². The van der Waals surface area contributed by atoms with Crippen LogP contribution in [0.25, 0.3) is 73.2 Å². The fraction of sp³-hybridized carbons (Fsp3) is 0.0167. The number of rotatable bonds is 9. The van der Waals surface area contributed by atoms with E-state index < -0.39 is 0 Å². The summed E-state index contributed by atoms with van der Waals surface area (Å²) in [5.74, 6) is 1.76. The van der Waals surface area contributed by atoms with Gasteiger partial charge in [-0.2, -0.15) is 67.9 Å². The molecule has 22 heteroatoms. The van der Waals surface area contributed by atoms with E-state index >= 15 is 0 Å². The minimum absolute atomic E-state index is 0. The van der Waals surface area contributed by atoms with E-state index in [1.807, 2.05) is 183 Å². The molecular weight excluding hydrogens is 1640 g/mol. The van der Waals surface area contributed by atoms with Gasteiger partial charge in [0.05, 0.1) is 11.3 Å². The zero-order valence-corrected chi connectivity index (χ0v) is 53.4. The third-order valence-corrected chi connectivity index (χ3v) is 13.6. The van der Waals surface area contributed by atoms with Gasteiger partial charge in [-0.05, 0) is 58.6 Å². The molecule has 0 saturated heterocycles. The summed E-state index contributed by atoms with van der Waals surface area (Å²) in [5.41, 5.74) is 12.3. The molecule has 0 fully saturated rings. The summed E-state index contributed by atoms with van der Waals surface area (Å²) in [6, 6.07) is 49.1. The Kier molecular flexibility index (Phi) is 24.5. The summed E-state index contributed by atoms with van der Waals surface area (Å²) in [6.45, 7) is 0. The van der Waals surface area contributed by atoms with Gasteiger partial charge in [0.25, 0.3) is 0 Å². The minimum atomic E-state index is 0. The topological polar surface area (TPSA) is 147 Å². The van der Waals surface area contributed by atoms with Gasteiger partial charge in [0, 0.05) is 135 Å². The summed E-state index contributed by atoms with van der Waals surface area (Å²) in [5, 5.41) is 27.1. The number of aromatic nitrogens is 14. The van der Waals surface area contributed by atoms with Crippen LogP contribution in [0.5, 0.6) is 0 Å². The quantitative estimate of drug-likeness (QED) is 0.129. The minimum Gasteiger partial charge on any atom is -0.661 e. The van der Waals surface area contributed by atoms with E-state index in [-0.39, 0.29) is 60.3 Å². The van der Waals surface area contributed by atoms with Crippen LogP contribution in [0.1, 0.15) is 0 Å². The van der Waals surface area contributed by atoms with Crippen LogP contribution in [-0.4, -0.2) is 63.0 Å². The largest absolute Gasteiger partial charge is 0.661 e. The number of thiazole rings is 2. The molecule has 0 N–H and O–H groups in total. The van der Waals surface area contributed by atoms with Gasteiger partial charge < -0.3 is 50.8 Å². The average Bonchev–Trinajstić information content (AvgIpc) is 4.50. The normalized spacial score (nSPS) is 9.96. The first-order valence-corrected chi connectivity index (χ1v) is 27.7. The summed E-state index contributed by atoms with van der Waals surface area (Å²) in [4.78, 5) is 21.3. The molecule has 3 aromatic carbocycles. The van der Waals surface area contributed by atoms with Crippen molar-refractivity contribution in [3.8, 4) is 73.2 Å². The number of thiophene rings is 2. The number of hydrogen-bond acceptors (Lipinski definition) is 12. The average molecular weight is 1680 g/mol. The van der Waals surface area contributed by atoms with Gasteiger partial charge in [-0.1, -0.05) is 154 Å². The number of nitrogens with zero attached hydrogens (tertiary/aromatic N) is 14. The van der Waals surface area contributed by atoms with Crippen LogP contribution in [0.2, 0.25) is 0 Å². The molecule has 15 aromatic rings. The second-order valence-corrected chi connectivity index (χ2v) is 19.2. The molecule has 0 aliphatic rings. The standard InChI is InChI=1S/C14H12N3.C13H9N2S.C12H8N3S.C7H5N2O.2C7H5N2S.3Ir/c1-17-8-7-15-14(17)13-9-12(10-16-13)11-5-3-2-4-6-11;1-2-5-11(6-3-1)12-7-4-9-15(12)13-14-8-10-16-13;1-2-4-10(5-3-1)11-6-13-8-15(11)12-7-16-9-14-12;3*1-3-8-9(4-1)7-2-5-10-6-7;;;/h2-10H,1H3;1-8,10H;1-7,9H;1,3-6H;2*1-5H;;;/q6*-1;;;. The Balaban J connectivity index is 0.000000143. The predicted molar refractivity (Wildman–Crippen MR) is 312 cm³/mol. The van der Waals surface area contributed by atoms with Gasteiger partial charge in [0.2, 0.25) is 0 Å². The number of imidazole rings is 2. The van der Waals surface area contributed by atoms with Gasteiger partial charge in [-0.15, -0.1) is 17.4 Å². The van der Waals surface area contributed by atoms with Crippen molar-refractivity contribution >= 4 is 45.3 Å². The predicted octanol–water partition coefficient (Wildman–Crippen LogP) is 13.6. The molecule has 12 aromatic heterocycles. The first-order chi connectivity index (χ1) is 39.1. The van der Waals surface area contributed by atoms with Crippen molar-refractivity contribution in [3.63, 3.8) is 0 Å². The van der Waals surface area contributed by atoms with Gasteiger partial charge in [-0.25, -0.2) is 4.98 Å². The van der Waals surface area contributed by atoms with Gasteiger partial charge in [0.15, 0.2) is 0 Å². The Bertz CT molecular complexity index is 3600. The monoisotopic (exact) mass is 1680 g/mol. The molecule has 12 heterocycles. The second-order valence-electron chi connectivity index (χ2n) is 16.2. The molecule has 0 unspecified atom stereocenters. The van der Waals surface area contributed by atoms with E-state index in [0.29, 0.717) is 0 Å². The third kappa shape index (κ3) is 16.9. The Morgan fingerprint density at radius 3 is 1.67 bits per heavy atom. The van der Waals surface area contributed by atoms with Crippen LogP contribution < -0.4 is 4.98 Å². The van der Waals surface area contributed by atoms with Crippen LogP contribution in [0, 0.1) is 29.4 Å². The van der Waals surface area contributed by atoms with Crippen molar-refractivity contribution in [2.45, 2.75) is 0 Å². The van der Waals surface area contributed by atoms with Crippen molar-refractivity contribution in [2.24, 2.45) is 7.05 Å². The molecule has 0 aliphatic heterocycles. The Hall–Kier alpha value is -7.84. The van der Waals surface area contributed by atoms with E-state index in [1.165, 1.54) is 17.4 Å². The zero-order valence-electron chi connectivity index (χ0n) is 43.0. The molecule has 82 heavy (non-hydrogen) atoms. The molecule has 0 atom stereocenters. The van der Waals surface area contributed by atoms with Crippen molar-refractivity contribution in [3.05, 3.63) is 277 Å². The maximum atomic E-state index is 4.82. The fourth-order valence-corrected chi connectivity index (χ4v) is 9.62. The summed E-state index contributed by atoms with van der Waals surface area (Å²) >= 11 is 6.28. The maximum Gasteiger partial charge on any atom is 0.117 e. The molecular formula is C60H44Ir3N14OS4-6. The van der Waals surface area contributed by atoms with Gasteiger partial charge in [-0.3, -0.25) is 24.0 Å². The van der Waals surface area contributed by atoms with E-state index in [9.17, 15) is 0 Å². The number of hydrogen-bond donors (Lipinski definition) is 0. The Morgan fingerprint density at radius 1 is 0.561 bits per heavy atom. The summed E-state index contributed by atoms with van der Waals surface area (Å²) in [6.07, 6.45) is 29.2. The molecule has 0 saturated carbocycles. The molecule has 15 rings (SSSR count). The molecule has 0 amide bonds. The van der Waals surface area contributed by atoms with Crippen LogP contribution >= 0.6 is 45.3 Å². The smallest absolute Gasteiger partial charge is 0.117 e. The maximum absolute atomic E-state index is 4.82. The van der Waals surface area contributed by atoms with Gasteiger partial charge in [0.1, 0.15) is 11.0 Å². The molecule has 0 spiro atoms. The van der Waals surface area contributed by atoms with Crippen molar-refractivity contribution in [1.29, 1.82) is 0 Å². The first kappa shape index (κ1) is 61.8.